The largest absolute Gasteiger partial charge is 0.497 e. The average molecular weight is 371 g/mol. The molecule has 0 atom stereocenters. The minimum atomic E-state index is -4.31. The van der Waals surface area contributed by atoms with Gasteiger partial charge in [0, 0.05) is 37.0 Å². The van der Waals surface area contributed by atoms with Crippen LogP contribution in [0.15, 0.2) is 27.4 Å². The third kappa shape index (κ3) is 4.77. The molecule has 0 unspecified atom stereocenters. The SMILES string of the molecule is COc1ccc2c(C)c(CCC(=O)N(C)CCC(F)(F)F)c(=O)oc2c1. The molecule has 0 N–H and O–H groups in total. The molecule has 1 amide bonds. The Bertz CT molecular complexity index is 858. The second-order valence-electron chi connectivity index (χ2n) is 6.04. The number of ether oxygens (including phenoxy) is 1. The van der Waals surface area contributed by atoms with E-state index in [0.29, 0.717) is 22.5 Å². The van der Waals surface area contributed by atoms with Crippen molar-refractivity contribution in [2.24, 2.45) is 0 Å². The van der Waals surface area contributed by atoms with Gasteiger partial charge in [-0.1, -0.05) is 0 Å². The average Bonchev–Trinajstić information content (AvgIpc) is 2.57. The van der Waals surface area contributed by atoms with Crippen molar-refractivity contribution in [1.82, 2.24) is 4.90 Å². The van der Waals surface area contributed by atoms with E-state index >= 15 is 0 Å². The van der Waals surface area contributed by atoms with E-state index in [1.165, 1.54) is 14.2 Å². The number of aryl methyl sites for hydroxylation is 1. The number of methoxy groups -OCH3 is 1. The number of carbonyl (C=O) groups excluding carboxylic acids is 1. The van der Waals surface area contributed by atoms with Gasteiger partial charge in [0.2, 0.25) is 5.91 Å². The summed E-state index contributed by atoms with van der Waals surface area (Å²) in [5, 5.41) is 0.721. The minimum Gasteiger partial charge on any atom is -0.497 e. The van der Waals surface area contributed by atoms with Gasteiger partial charge in [0.05, 0.1) is 13.5 Å². The molecule has 0 aliphatic carbocycles. The molecule has 0 aliphatic heterocycles. The number of rotatable bonds is 6. The number of carbonyl (C=O) groups is 1. The topological polar surface area (TPSA) is 59.8 Å². The molecular formula is C18H20F3NO4. The van der Waals surface area contributed by atoms with E-state index in [2.05, 4.69) is 0 Å². The zero-order valence-electron chi connectivity index (χ0n) is 14.8. The summed E-state index contributed by atoms with van der Waals surface area (Å²) >= 11 is 0. The molecule has 0 aliphatic rings. The Hall–Kier alpha value is -2.51. The zero-order chi connectivity index (χ0) is 19.5. The van der Waals surface area contributed by atoms with Gasteiger partial charge < -0.3 is 14.1 Å². The van der Waals surface area contributed by atoms with Crippen LogP contribution in [0.1, 0.15) is 24.0 Å². The number of fused-ring (bicyclic) bond motifs is 1. The summed E-state index contributed by atoms with van der Waals surface area (Å²) in [5.41, 5.74) is 0.850. The smallest absolute Gasteiger partial charge is 0.390 e. The molecule has 0 saturated heterocycles. The Balaban J connectivity index is 2.13. The third-order valence-corrected chi connectivity index (χ3v) is 4.24. The van der Waals surface area contributed by atoms with E-state index in [0.717, 1.165) is 10.3 Å². The van der Waals surface area contributed by atoms with Crippen LogP contribution in [0, 0.1) is 6.92 Å². The fraction of sp³-hybridized carbons (Fsp3) is 0.444. The van der Waals surface area contributed by atoms with Crippen molar-refractivity contribution in [3.8, 4) is 5.75 Å². The highest BCUT2D eigenvalue weighted by atomic mass is 19.4. The lowest BCUT2D eigenvalue weighted by molar-refractivity contribution is -0.144. The van der Waals surface area contributed by atoms with E-state index in [9.17, 15) is 22.8 Å². The summed E-state index contributed by atoms with van der Waals surface area (Å²) in [6, 6.07) is 5.09. The number of hydrogen-bond acceptors (Lipinski definition) is 4. The van der Waals surface area contributed by atoms with E-state index in [4.69, 9.17) is 9.15 Å². The molecule has 5 nitrogen and oxygen atoms in total. The van der Waals surface area contributed by atoms with Gasteiger partial charge in [-0.15, -0.1) is 0 Å². The minimum absolute atomic E-state index is 0.0678. The first kappa shape index (κ1) is 19.8. The highest BCUT2D eigenvalue weighted by molar-refractivity contribution is 5.82. The van der Waals surface area contributed by atoms with Gasteiger partial charge in [0.1, 0.15) is 11.3 Å². The van der Waals surface area contributed by atoms with Crippen molar-refractivity contribution in [3.05, 3.63) is 39.7 Å². The van der Waals surface area contributed by atoms with E-state index in [1.54, 1.807) is 25.1 Å². The number of amides is 1. The van der Waals surface area contributed by atoms with E-state index < -0.39 is 30.7 Å². The molecular weight excluding hydrogens is 351 g/mol. The maximum atomic E-state index is 12.2. The Morgan fingerprint density at radius 3 is 2.62 bits per heavy atom. The highest BCUT2D eigenvalue weighted by Gasteiger charge is 2.28. The van der Waals surface area contributed by atoms with Crippen LogP contribution < -0.4 is 10.4 Å². The lowest BCUT2D eigenvalue weighted by Crippen LogP contribution is -2.31. The van der Waals surface area contributed by atoms with Crippen LogP contribution in [0.5, 0.6) is 5.75 Å². The Morgan fingerprint density at radius 1 is 1.31 bits per heavy atom. The number of alkyl halides is 3. The molecule has 0 radical (unpaired) electrons. The number of halogens is 3. The first-order chi connectivity index (χ1) is 12.1. The highest BCUT2D eigenvalue weighted by Crippen LogP contribution is 2.24. The van der Waals surface area contributed by atoms with Crippen molar-refractivity contribution in [1.29, 1.82) is 0 Å². The Kier molecular flexibility index (Phi) is 5.94. The molecule has 1 aromatic carbocycles. The zero-order valence-corrected chi connectivity index (χ0v) is 14.8. The molecule has 2 rings (SSSR count). The molecule has 142 valence electrons. The van der Waals surface area contributed by atoms with Crippen LogP contribution in [0.4, 0.5) is 13.2 Å². The maximum Gasteiger partial charge on any atom is 0.390 e. The van der Waals surface area contributed by atoms with Crippen LogP contribution in [0.25, 0.3) is 11.0 Å². The monoisotopic (exact) mass is 371 g/mol. The number of hydrogen-bond donors (Lipinski definition) is 0. The summed E-state index contributed by atoms with van der Waals surface area (Å²) in [6.45, 7) is 1.34. The van der Waals surface area contributed by atoms with Gasteiger partial charge in [-0.05, 0) is 31.0 Å². The fourth-order valence-electron chi connectivity index (χ4n) is 2.63. The summed E-state index contributed by atoms with van der Waals surface area (Å²) in [5.74, 6) is 0.0946. The van der Waals surface area contributed by atoms with Gasteiger partial charge in [-0.25, -0.2) is 4.79 Å². The van der Waals surface area contributed by atoms with Gasteiger partial charge >= 0.3 is 11.8 Å². The molecule has 0 saturated carbocycles. The molecule has 0 spiro atoms. The third-order valence-electron chi connectivity index (χ3n) is 4.24. The summed E-state index contributed by atoms with van der Waals surface area (Å²) in [7, 11) is 2.82. The normalized spacial score (nSPS) is 11.6. The standard InChI is InChI=1S/C18H20F3NO4/c1-11-13-5-4-12(25-3)10-15(13)26-17(24)14(11)6-7-16(23)22(2)9-8-18(19,20)21/h4-5,10H,6-9H2,1-3H3. The van der Waals surface area contributed by atoms with Gasteiger partial charge in [-0.3, -0.25) is 4.79 Å². The van der Waals surface area contributed by atoms with Crippen LogP contribution in [-0.2, 0) is 11.2 Å². The van der Waals surface area contributed by atoms with Crippen molar-refractivity contribution in [2.45, 2.75) is 32.4 Å². The molecule has 1 heterocycles. The quantitative estimate of drug-likeness (QED) is 0.730. The Morgan fingerprint density at radius 2 is 2.00 bits per heavy atom. The van der Waals surface area contributed by atoms with Gasteiger partial charge in [0.25, 0.3) is 0 Å². The maximum absolute atomic E-state index is 12.2. The van der Waals surface area contributed by atoms with Crippen molar-refractivity contribution in [3.63, 3.8) is 0 Å². The summed E-state index contributed by atoms with van der Waals surface area (Å²) in [4.78, 5) is 25.2. The number of benzene rings is 1. The van der Waals surface area contributed by atoms with Crippen LogP contribution in [-0.4, -0.2) is 37.7 Å². The molecule has 8 heteroatoms. The Labute approximate surface area is 148 Å². The van der Waals surface area contributed by atoms with Crippen molar-refractivity contribution >= 4 is 16.9 Å². The first-order valence-electron chi connectivity index (χ1n) is 8.03. The molecule has 2 aromatic rings. The predicted octanol–water partition coefficient (Wildman–Crippen LogP) is 3.45. The van der Waals surface area contributed by atoms with Gasteiger partial charge in [0.15, 0.2) is 0 Å². The molecule has 0 fully saturated rings. The van der Waals surface area contributed by atoms with Crippen LogP contribution >= 0.6 is 0 Å². The second kappa shape index (κ2) is 7.80. The van der Waals surface area contributed by atoms with Crippen molar-refractivity contribution < 1.29 is 27.1 Å². The van der Waals surface area contributed by atoms with Crippen LogP contribution in [0.3, 0.4) is 0 Å². The first-order valence-corrected chi connectivity index (χ1v) is 8.03. The van der Waals surface area contributed by atoms with Crippen molar-refractivity contribution in [2.75, 3.05) is 20.7 Å². The predicted molar refractivity (Wildman–Crippen MR) is 90.4 cm³/mol. The number of nitrogens with zero attached hydrogens (tertiary/aromatic N) is 1. The van der Waals surface area contributed by atoms with E-state index in [1.807, 2.05) is 0 Å². The summed E-state index contributed by atoms with van der Waals surface area (Å²) < 4.78 is 47.1. The lowest BCUT2D eigenvalue weighted by Gasteiger charge is -2.18. The van der Waals surface area contributed by atoms with Gasteiger partial charge in [-0.2, -0.15) is 13.2 Å². The summed E-state index contributed by atoms with van der Waals surface area (Å²) in [6.07, 6.45) is -5.34. The van der Waals surface area contributed by atoms with E-state index in [-0.39, 0.29) is 12.8 Å². The molecule has 1 aromatic heterocycles. The molecule has 0 bridgehead atoms. The lowest BCUT2D eigenvalue weighted by atomic mass is 10.0. The van der Waals surface area contributed by atoms with Crippen LogP contribution in [0.2, 0.25) is 0 Å². The fourth-order valence-corrected chi connectivity index (χ4v) is 2.63. The second-order valence-corrected chi connectivity index (χ2v) is 6.04. The molecule has 26 heavy (non-hydrogen) atoms.